The lowest BCUT2D eigenvalue weighted by Gasteiger charge is -2.31. The van der Waals surface area contributed by atoms with Crippen molar-refractivity contribution in [1.82, 2.24) is 20.3 Å². The van der Waals surface area contributed by atoms with E-state index in [0.717, 1.165) is 18.5 Å². The molecule has 12 heteroatoms. The molecule has 1 fully saturated rings. The Bertz CT molecular complexity index is 1000. The minimum absolute atomic E-state index is 0.0818. The van der Waals surface area contributed by atoms with E-state index in [1.807, 2.05) is 0 Å². The number of anilines is 2. The van der Waals surface area contributed by atoms with Crippen molar-refractivity contribution in [2.45, 2.75) is 31.4 Å². The van der Waals surface area contributed by atoms with E-state index in [-0.39, 0.29) is 28.6 Å². The highest BCUT2D eigenvalue weighted by atomic mass is 19.4. The van der Waals surface area contributed by atoms with Crippen molar-refractivity contribution in [3.05, 3.63) is 29.6 Å². The standard InChI is InChI=1S/C19H19F5N6O/c1-18(20,21)11-8-14(31)29-17-15(11)16(26-9-27-17)12-6-10(19(22,23)24)7-13(28-12)30-4-2-25-3-5-30/h6-7,9,11,25H,2-5,8H2,1H3,(H,26,27,29,31)/t11-/m1/s1. The quantitative estimate of drug-likeness (QED) is 0.712. The number of nitrogens with one attached hydrogen (secondary N) is 2. The molecular weight excluding hydrogens is 423 g/mol. The van der Waals surface area contributed by atoms with Crippen LogP contribution in [0.25, 0.3) is 11.4 Å². The predicted octanol–water partition coefficient (Wildman–Crippen LogP) is 3.05. The van der Waals surface area contributed by atoms with Gasteiger partial charge in [-0.2, -0.15) is 13.2 Å². The van der Waals surface area contributed by atoms with Crippen molar-refractivity contribution in [3.63, 3.8) is 0 Å². The molecule has 4 heterocycles. The second kappa shape index (κ2) is 7.66. The highest BCUT2D eigenvalue weighted by Gasteiger charge is 2.44. The summed E-state index contributed by atoms with van der Waals surface area (Å²) >= 11 is 0. The third-order valence-corrected chi connectivity index (χ3v) is 5.31. The first-order valence-electron chi connectivity index (χ1n) is 9.62. The summed E-state index contributed by atoms with van der Waals surface area (Å²) in [6, 6.07) is 1.73. The molecule has 4 rings (SSSR count). The van der Waals surface area contributed by atoms with Crippen LogP contribution < -0.4 is 15.5 Å². The molecule has 2 N–H and O–H groups in total. The Hall–Kier alpha value is -2.89. The molecule has 0 aromatic carbocycles. The van der Waals surface area contributed by atoms with Crippen LogP contribution in [0.5, 0.6) is 0 Å². The molecule has 0 aliphatic carbocycles. The summed E-state index contributed by atoms with van der Waals surface area (Å²) in [4.78, 5) is 25.8. The molecule has 0 saturated carbocycles. The van der Waals surface area contributed by atoms with Gasteiger partial charge in [0.2, 0.25) is 5.91 Å². The summed E-state index contributed by atoms with van der Waals surface area (Å²) < 4.78 is 69.5. The number of nitrogens with zero attached hydrogens (tertiary/aromatic N) is 4. The minimum atomic E-state index is -4.67. The van der Waals surface area contributed by atoms with Crippen LogP contribution in [-0.2, 0) is 11.0 Å². The Morgan fingerprint density at radius 2 is 1.81 bits per heavy atom. The number of rotatable bonds is 3. The van der Waals surface area contributed by atoms with E-state index in [1.54, 1.807) is 4.90 Å². The second-order valence-corrected chi connectivity index (χ2v) is 7.58. The number of piperazine rings is 1. The van der Waals surface area contributed by atoms with Crippen molar-refractivity contribution < 1.29 is 26.7 Å². The minimum Gasteiger partial charge on any atom is -0.354 e. The summed E-state index contributed by atoms with van der Waals surface area (Å²) in [6.45, 7) is 2.70. The van der Waals surface area contributed by atoms with Crippen LogP contribution in [0, 0.1) is 0 Å². The van der Waals surface area contributed by atoms with Gasteiger partial charge in [-0.05, 0) is 19.1 Å². The first-order valence-corrected chi connectivity index (χ1v) is 9.62. The van der Waals surface area contributed by atoms with Crippen molar-refractivity contribution in [2.75, 3.05) is 36.4 Å². The maximum atomic E-state index is 14.3. The SMILES string of the molecule is CC(F)(F)[C@@H]1CC(=O)Nc2ncnc(-c3cc(C(F)(F)F)cc(N4CCNCC4)n3)c21. The molecule has 31 heavy (non-hydrogen) atoms. The number of hydrogen-bond donors (Lipinski definition) is 2. The van der Waals surface area contributed by atoms with Crippen LogP contribution in [0.15, 0.2) is 18.5 Å². The van der Waals surface area contributed by atoms with Gasteiger partial charge in [0.25, 0.3) is 5.92 Å². The number of carbonyl (C=O) groups excluding carboxylic acids is 1. The second-order valence-electron chi connectivity index (χ2n) is 7.58. The molecule has 1 saturated heterocycles. The zero-order valence-corrected chi connectivity index (χ0v) is 16.4. The van der Waals surface area contributed by atoms with E-state index in [4.69, 9.17) is 0 Å². The van der Waals surface area contributed by atoms with Crippen LogP contribution in [0.4, 0.5) is 33.6 Å². The van der Waals surface area contributed by atoms with Crippen molar-refractivity contribution >= 4 is 17.5 Å². The fourth-order valence-electron chi connectivity index (χ4n) is 3.79. The Kier molecular flexibility index (Phi) is 5.28. The zero-order chi connectivity index (χ0) is 22.4. The Morgan fingerprint density at radius 1 is 1.10 bits per heavy atom. The average Bonchev–Trinajstić information content (AvgIpc) is 2.71. The lowest BCUT2D eigenvalue weighted by atomic mass is 9.85. The molecular formula is C19H19F5N6O. The third-order valence-electron chi connectivity index (χ3n) is 5.31. The van der Waals surface area contributed by atoms with Gasteiger partial charge in [0.15, 0.2) is 0 Å². The van der Waals surface area contributed by atoms with Crippen molar-refractivity contribution in [3.8, 4) is 11.4 Å². The first-order chi connectivity index (χ1) is 14.5. The lowest BCUT2D eigenvalue weighted by Crippen LogP contribution is -2.44. The van der Waals surface area contributed by atoms with Gasteiger partial charge < -0.3 is 15.5 Å². The van der Waals surface area contributed by atoms with Crippen molar-refractivity contribution in [1.29, 1.82) is 0 Å². The smallest absolute Gasteiger partial charge is 0.354 e. The molecule has 0 spiro atoms. The van der Waals surface area contributed by atoms with E-state index in [1.165, 1.54) is 0 Å². The van der Waals surface area contributed by atoms with Gasteiger partial charge in [-0.3, -0.25) is 4.79 Å². The predicted molar refractivity (Wildman–Crippen MR) is 102 cm³/mol. The van der Waals surface area contributed by atoms with Crippen LogP contribution in [-0.4, -0.2) is 53.0 Å². The molecule has 2 aliphatic rings. The number of halogens is 5. The summed E-state index contributed by atoms with van der Waals surface area (Å²) in [7, 11) is 0. The number of amides is 1. The van der Waals surface area contributed by atoms with E-state index < -0.39 is 35.9 Å². The molecule has 0 radical (unpaired) electrons. The molecule has 0 bridgehead atoms. The van der Waals surface area contributed by atoms with Gasteiger partial charge in [0.1, 0.15) is 18.0 Å². The summed E-state index contributed by atoms with van der Waals surface area (Å²) in [5, 5.41) is 5.51. The van der Waals surface area contributed by atoms with Crippen LogP contribution in [0.1, 0.15) is 30.4 Å². The number of hydrogen-bond acceptors (Lipinski definition) is 6. The molecule has 1 atom stereocenters. The summed E-state index contributed by atoms with van der Waals surface area (Å²) in [6.07, 6.45) is -4.20. The Balaban J connectivity index is 1.90. The maximum absolute atomic E-state index is 14.3. The Morgan fingerprint density at radius 3 is 2.45 bits per heavy atom. The first kappa shape index (κ1) is 21.3. The normalized spacial score (nSPS) is 19.7. The fraction of sp³-hybridized carbons (Fsp3) is 0.474. The van der Waals surface area contributed by atoms with E-state index in [0.29, 0.717) is 33.1 Å². The third kappa shape index (κ3) is 4.29. The van der Waals surface area contributed by atoms with Gasteiger partial charge in [-0.15, -0.1) is 0 Å². The van der Waals surface area contributed by atoms with Gasteiger partial charge in [-0.1, -0.05) is 0 Å². The van der Waals surface area contributed by atoms with Crippen LogP contribution in [0.3, 0.4) is 0 Å². The van der Waals surface area contributed by atoms with E-state index >= 15 is 0 Å². The van der Waals surface area contributed by atoms with Gasteiger partial charge >= 0.3 is 6.18 Å². The molecule has 7 nitrogen and oxygen atoms in total. The summed E-state index contributed by atoms with van der Waals surface area (Å²) in [5.74, 6) is -5.63. The van der Waals surface area contributed by atoms with E-state index in [2.05, 4.69) is 25.6 Å². The Labute approximate surface area is 174 Å². The lowest BCUT2D eigenvalue weighted by molar-refractivity contribution is -0.137. The van der Waals surface area contributed by atoms with E-state index in [9.17, 15) is 26.7 Å². The van der Waals surface area contributed by atoms with Gasteiger partial charge in [0, 0.05) is 38.2 Å². The van der Waals surface area contributed by atoms with Gasteiger partial charge in [-0.25, -0.2) is 23.7 Å². The average molecular weight is 442 g/mol. The fourth-order valence-corrected chi connectivity index (χ4v) is 3.79. The highest BCUT2D eigenvalue weighted by Crippen LogP contribution is 2.45. The number of aromatic nitrogens is 3. The molecule has 2 aromatic heterocycles. The monoisotopic (exact) mass is 442 g/mol. The molecule has 166 valence electrons. The molecule has 1 amide bonds. The van der Waals surface area contributed by atoms with Crippen LogP contribution in [0.2, 0.25) is 0 Å². The highest BCUT2D eigenvalue weighted by molar-refractivity contribution is 5.95. The van der Waals surface area contributed by atoms with Gasteiger partial charge in [0.05, 0.1) is 22.9 Å². The number of carbonyl (C=O) groups is 1. The molecule has 0 unspecified atom stereocenters. The topological polar surface area (TPSA) is 83.0 Å². The van der Waals surface area contributed by atoms with Crippen molar-refractivity contribution in [2.24, 2.45) is 0 Å². The number of pyridine rings is 1. The number of alkyl halides is 5. The maximum Gasteiger partial charge on any atom is 0.416 e. The molecule has 2 aromatic rings. The number of fused-ring (bicyclic) bond motifs is 1. The zero-order valence-electron chi connectivity index (χ0n) is 16.4. The largest absolute Gasteiger partial charge is 0.416 e. The molecule has 2 aliphatic heterocycles. The summed E-state index contributed by atoms with van der Waals surface area (Å²) in [5.41, 5.74) is -1.43. The van der Waals surface area contributed by atoms with Crippen LogP contribution >= 0.6 is 0 Å².